The Morgan fingerprint density at radius 2 is 1.88 bits per heavy atom. The van der Waals surface area contributed by atoms with Gasteiger partial charge in [-0.15, -0.1) is 0 Å². The summed E-state index contributed by atoms with van der Waals surface area (Å²) >= 11 is 5.10. The molecular weight excluding hydrogens is 351 g/mol. The molecule has 4 aliphatic rings. The number of carbonyl (C=O) groups excluding carboxylic acids is 1. The minimum atomic E-state index is -2.59. The highest BCUT2D eigenvalue weighted by atomic mass is 32.5. The molecule has 0 aromatic heterocycles. The molecule has 1 N–H and O–H groups in total. The normalized spacial score (nSPS) is 48.8. The Balaban J connectivity index is 1.58. The van der Waals surface area contributed by atoms with Crippen LogP contribution < -0.4 is 0 Å². The van der Waals surface area contributed by atoms with Gasteiger partial charge < -0.3 is 9.42 Å². The van der Waals surface area contributed by atoms with Crippen LogP contribution in [-0.4, -0.2) is 23.4 Å². The maximum Gasteiger partial charge on any atom is 0.183 e. The van der Waals surface area contributed by atoms with E-state index < -0.39 is 6.49 Å². The molecule has 5 heteroatoms. The molecule has 7 atom stereocenters. The summed E-state index contributed by atoms with van der Waals surface area (Å²) in [5, 5.41) is 0. The fraction of sp³-hybridized carbons (Fsp3) is 0.850. The van der Waals surface area contributed by atoms with Crippen molar-refractivity contribution in [3.8, 4) is 0 Å². The zero-order valence-electron chi connectivity index (χ0n) is 15.7. The molecule has 4 rings (SSSR count). The lowest BCUT2D eigenvalue weighted by Crippen LogP contribution is -2.50. The van der Waals surface area contributed by atoms with Crippen LogP contribution in [0.1, 0.15) is 65.2 Å². The molecule has 3 fully saturated rings. The second-order valence-corrected chi connectivity index (χ2v) is 13.3. The van der Waals surface area contributed by atoms with Gasteiger partial charge in [-0.05, 0) is 79.9 Å². The van der Waals surface area contributed by atoms with E-state index in [1.807, 2.05) is 0 Å². The van der Waals surface area contributed by atoms with Crippen LogP contribution in [0.15, 0.2) is 11.6 Å². The molecule has 0 aliphatic heterocycles. The summed E-state index contributed by atoms with van der Waals surface area (Å²) in [5.74, 6) is 2.48. The topological polar surface area (TPSA) is 46.5 Å². The standard InChI is InChI=1S/C20H31O3PS/c1-19-10-8-14(23-24(3,22)25)12-13(19)4-5-15-16-6-7-18(21)20(16,2)11-9-17(15)19/h4,14-17H,5-12H2,1-3H3,(H,22,25)/t14-,15+,16+,17+,19+,20+,24?/m1/s1. The third-order valence-corrected chi connectivity index (χ3v) is 9.06. The van der Waals surface area contributed by atoms with Gasteiger partial charge in [-0.3, -0.25) is 4.79 Å². The van der Waals surface area contributed by atoms with Crippen molar-refractivity contribution < 1.29 is 14.2 Å². The molecule has 0 aromatic rings. The lowest BCUT2D eigenvalue weighted by Gasteiger charge is -2.57. The maximum atomic E-state index is 12.5. The first kappa shape index (κ1) is 18.3. The maximum absolute atomic E-state index is 12.5. The van der Waals surface area contributed by atoms with Crippen molar-refractivity contribution in [3.05, 3.63) is 11.6 Å². The third-order valence-electron chi connectivity index (χ3n) is 8.11. The number of ketones is 1. The van der Waals surface area contributed by atoms with E-state index in [-0.39, 0.29) is 16.9 Å². The van der Waals surface area contributed by atoms with Crippen molar-refractivity contribution in [1.29, 1.82) is 0 Å². The number of fused-ring (bicyclic) bond motifs is 5. The van der Waals surface area contributed by atoms with Crippen molar-refractivity contribution in [2.45, 2.75) is 71.3 Å². The van der Waals surface area contributed by atoms with E-state index in [0.717, 1.165) is 44.9 Å². The lowest BCUT2D eigenvalue weighted by atomic mass is 9.48. The highest BCUT2D eigenvalue weighted by molar-refractivity contribution is 8.09. The van der Waals surface area contributed by atoms with Gasteiger partial charge in [0.15, 0.2) is 6.49 Å². The highest BCUT2D eigenvalue weighted by Gasteiger charge is 2.58. The zero-order chi connectivity index (χ0) is 18.0. The van der Waals surface area contributed by atoms with E-state index >= 15 is 0 Å². The minimum absolute atomic E-state index is 0.0469. The van der Waals surface area contributed by atoms with Gasteiger partial charge >= 0.3 is 0 Å². The summed E-state index contributed by atoms with van der Waals surface area (Å²) in [6.07, 6.45) is 10.9. The Bertz CT molecular complexity index is 668. The summed E-state index contributed by atoms with van der Waals surface area (Å²) in [4.78, 5) is 22.4. The Morgan fingerprint density at radius 3 is 2.60 bits per heavy atom. The first-order valence-corrected chi connectivity index (χ1v) is 13.0. The number of hydrogen-bond donors (Lipinski definition) is 1. The van der Waals surface area contributed by atoms with E-state index in [4.69, 9.17) is 16.3 Å². The Labute approximate surface area is 156 Å². The summed E-state index contributed by atoms with van der Waals surface area (Å²) < 4.78 is 5.80. The molecular formula is C20H31O3PS. The summed E-state index contributed by atoms with van der Waals surface area (Å²) in [6, 6.07) is 0. The Kier molecular flexibility index (Phi) is 4.40. The fourth-order valence-corrected chi connectivity index (χ4v) is 7.86. The van der Waals surface area contributed by atoms with Crippen molar-refractivity contribution in [3.63, 3.8) is 0 Å². The van der Waals surface area contributed by atoms with Gasteiger partial charge in [-0.2, -0.15) is 0 Å². The van der Waals surface area contributed by atoms with E-state index in [1.165, 1.54) is 12.0 Å². The smallest absolute Gasteiger partial charge is 0.183 e. The molecule has 25 heavy (non-hydrogen) atoms. The van der Waals surface area contributed by atoms with Gasteiger partial charge in [0.05, 0.1) is 6.10 Å². The summed E-state index contributed by atoms with van der Waals surface area (Å²) in [7, 11) is 0. The number of allylic oxidation sites excluding steroid dienone is 1. The zero-order valence-corrected chi connectivity index (χ0v) is 17.4. The van der Waals surface area contributed by atoms with Gasteiger partial charge in [-0.1, -0.05) is 25.5 Å². The van der Waals surface area contributed by atoms with E-state index in [0.29, 0.717) is 23.5 Å². The molecule has 1 unspecified atom stereocenters. The van der Waals surface area contributed by atoms with Crippen LogP contribution in [0.5, 0.6) is 0 Å². The molecule has 4 aliphatic carbocycles. The van der Waals surface area contributed by atoms with Gasteiger partial charge in [0.1, 0.15) is 5.78 Å². The summed E-state index contributed by atoms with van der Waals surface area (Å²) in [6.45, 7) is 3.75. The average Bonchev–Trinajstić information content (AvgIpc) is 2.82. The predicted octanol–water partition coefficient (Wildman–Crippen LogP) is 4.84. The van der Waals surface area contributed by atoms with Crippen LogP contribution in [0.25, 0.3) is 0 Å². The van der Waals surface area contributed by atoms with Gasteiger partial charge in [-0.25, -0.2) is 0 Å². The third kappa shape index (κ3) is 2.92. The Morgan fingerprint density at radius 1 is 1.20 bits per heavy atom. The molecule has 0 saturated heterocycles. The van der Waals surface area contributed by atoms with Crippen molar-refractivity contribution >= 4 is 24.1 Å². The van der Waals surface area contributed by atoms with E-state index in [9.17, 15) is 9.69 Å². The van der Waals surface area contributed by atoms with Gasteiger partial charge in [0.25, 0.3) is 0 Å². The average molecular weight is 383 g/mol. The van der Waals surface area contributed by atoms with Crippen LogP contribution in [0.2, 0.25) is 0 Å². The first-order chi connectivity index (χ1) is 11.6. The second kappa shape index (κ2) is 5.99. The molecule has 0 spiro atoms. The monoisotopic (exact) mass is 382 g/mol. The molecule has 0 aromatic carbocycles. The van der Waals surface area contributed by atoms with Crippen LogP contribution >= 0.6 is 6.49 Å². The Hall–Kier alpha value is -0.0200. The predicted molar refractivity (Wildman–Crippen MR) is 104 cm³/mol. The van der Waals surface area contributed by atoms with Gasteiger partial charge in [0.2, 0.25) is 0 Å². The van der Waals surface area contributed by atoms with Crippen LogP contribution in [0, 0.1) is 28.6 Å². The SMILES string of the molecule is C[C@]12CC[C@@H](OP(C)(O)=S)CC1=CC[C@@H]1[C@@H]2CC[C@]2(C)C(=O)CC[C@@H]12. The second-order valence-electron chi connectivity index (χ2n) is 9.45. The largest absolute Gasteiger partial charge is 0.345 e. The van der Waals surface area contributed by atoms with Crippen molar-refractivity contribution in [2.24, 2.45) is 28.6 Å². The summed E-state index contributed by atoms with van der Waals surface area (Å²) in [5.41, 5.74) is 1.73. The molecule has 3 saturated carbocycles. The molecule has 0 radical (unpaired) electrons. The quantitative estimate of drug-likeness (QED) is 0.549. The first-order valence-electron chi connectivity index (χ1n) is 9.85. The van der Waals surface area contributed by atoms with E-state index in [1.54, 1.807) is 6.66 Å². The number of Topliss-reactive ketones (excluding diaryl/α,β-unsaturated/α-hetero) is 1. The van der Waals surface area contributed by atoms with Crippen LogP contribution in [0.4, 0.5) is 0 Å². The number of carbonyl (C=O) groups is 1. The number of rotatable bonds is 2. The lowest BCUT2D eigenvalue weighted by molar-refractivity contribution is -0.131. The molecule has 3 nitrogen and oxygen atoms in total. The number of hydrogen-bond acceptors (Lipinski definition) is 3. The van der Waals surface area contributed by atoms with Crippen molar-refractivity contribution in [2.75, 3.05) is 6.66 Å². The van der Waals surface area contributed by atoms with E-state index in [2.05, 4.69) is 19.9 Å². The molecule has 0 heterocycles. The van der Waals surface area contributed by atoms with Crippen LogP contribution in [-0.2, 0) is 21.1 Å². The fourth-order valence-electron chi connectivity index (χ4n) is 6.77. The minimum Gasteiger partial charge on any atom is -0.345 e. The molecule has 0 amide bonds. The molecule has 140 valence electrons. The van der Waals surface area contributed by atoms with Crippen LogP contribution in [0.3, 0.4) is 0 Å². The van der Waals surface area contributed by atoms with Crippen molar-refractivity contribution in [1.82, 2.24) is 0 Å². The highest BCUT2D eigenvalue weighted by Crippen LogP contribution is 2.64. The van der Waals surface area contributed by atoms with Gasteiger partial charge in [0, 0.05) is 18.5 Å². The molecule has 0 bridgehead atoms.